The maximum absolute atomic E-state index is 12.1. The molecule has 114 valence electrons. The summed E-state index contributed by atoms with van der Waals surface area (Å²) in [5, 5.41) is 9.07. The summed E-state index contributed by atoms with van der Waals surface area (Å²) in [5.74, 6) is 0. The number of aliphatic hydroxyl groups is 1. The summed E-state index contributed by atoms with van der Waals surface area (Å²) in [6.45, 7) is 2.89. The third kappa shape index (κ3) is 5.18. The number of benzene rings is 1. The number of methoxy groups -OCH3 is 1. The van der Waals surface area contributed by atoms with Crippen molar-refractivity contribution in [3.05, 3.63) is 29.3 Å². The van der Waals surface area contributed by atoms with Gasteiger partial charge in [0.15, 0.2) is 0 Å². The van der Waals surface area contributed by atoms with Gasteiger partial charge in [-0.1, -0.05) is 12.1 Å². The molecule has 1 rings (SSSR count). The summed E-state index contributed by atoms with van der Waals surface area (Å²) in [6.07, 6.45) is 0. The lowest BCUT2D eigenvalue weighted by Crippen LogP contribution is -2.28. The quantitative estimate of drug-likeness (QED) is 0.646. The zero-order chi connectivity index (χ0) is 15.0. The highest BCUT2D eigenvalue weighted by atomic mass is 32.2. The highest BCUT2D eigenvalue weighted by Crippen LogP contribution is 2.16. The first-order chi connectivity index (χ1) is 9.51. The van der Waals surface area contributed by atoms with Gasteiger partial charge in [0, 0.05) is 13.7 Å². The van der Waals surface area contributed by atoms with Gasteiger partial charge in [0.25, 0.3) is 0 Å². The Kier molecular flexibility index (Phi) is 7.11. The molecule has 0 aliphatic rings. The molecular formula is C13H21NO5S. The van der Waals surface area contributed by atoms with Crippen LogP contribution in [0.4, 0.5) is 0 Å². The van der Waals surface area contributed by atoms with Crippen LogP contribution >= 0.6 is 0 Å². The minimum Gasteiger partial charge on any atom is -0.392 e. The van der Waals surface area contributed by atoms with Crippen molar-refractivity contribution in [2.45, 2.75) is 18.4 Å². The van der Waals surface area contributed by atoms with Crippen molar-refractivity contribution in [1.29, 1.82) is 0 Å². The number of aryl methyl sites for hydroxylation is 1. The van der Waals surface area contributed by atoms with Crippen molar-refractivity contribution in [2.24, 2.45) is 0 Å². The van der Waals surface area contributed by atoms with Crippen LogP contribution in [-0.2, 0) is 26.1 Å². The first-order valence-electron chi connectivity index (χ1n) is 6.28. The summed E-state index contributed by atoms with van der Waals surface area (Å²) in [4.78, 5) is 0.181. The van der Waals surface area contributed by atoms with Crippen LogP contribution in [-0.4, -0.2) is 47.0 Å². The molecule has 0 atom stereocenters. The third-order valence-corrected chi connectivity index (χ3v) is 4.30. The van der Waals surface area contributed by atoms with Crippen molar-refractivity contribution >= 4 is 10.0 Å². The lowest BCUT2D eigenvalue weighted by Gasteiger charge is -2.10. The van der Waals surface area contributed by atoms with Gasteiger partial charge in [-0.15, -0.1) is 0 Å². The van der Waals surface area contributed by atoms with Gasteiger partial charge in [-0.2, -0.15) is 0 Å². The van der Waals surface area contributed by atoms with E-state index in [1.54, 1.807) is 26.2 Å². The molecule has 2 N–H and O–H groups in total. The molecule has 0 spiro atoms. The second-order valence-corrected chi connectivity index (χ2v) is 6.00. The summed E-state index contributed by atoms with van der Waals surface area (Å²) < 4.78 is 36.7. The molecule has 20 heavy (non-hydrogen) atoms. The molecular weight excluding hydrogens is 282 g/mol. The molecule has 1 aromatic rings. The van der Waals surface area contributed by atoms with Gasteiger partial charge >= 0.3 is 0 Å². The Balaban J connectivity index is 2.60. The Morgan fingerprint density at radius 3 is 2.65 bits per heavy atom. The van der Waals surface area contributed by atoms with Crippen LogP contribution in [0.5, 0.6) is 0 Å². The standard InChI is InChI=1S/C13H21NO5S/c1-11-3-4-12(10-15)9-13(11)20(16,17)14-5-6-19-8-7-18-2/h3-4,9,14-15H,5-8,10H2,1-2H3. The van der Waals surface area contributed by atoms with Crippen LogP contribution in [0.1, 0.15) is 11.1 Å². The smallest absolute Gasteiger partial charge is 0.240 e. The number of ether oxygens (including phenoxy) is 2. The zero-order valence-corrected chi connectivity index (χ0v) is 12.6. The largest absolute Gasteiger partial charge is 0.392 e. The van der Waals surface area contributed by atoms with E-state index in [9.17, 15) is 8.42 Å². The molecule has 0 radical (unpaired) electrons. The maximum Gasteiger partial charge on any atom is 0.240 e. The molecule has 0 saturated carbocycles. The predicted molar refractivity (Wildman–Crippen MR) is 75.0 cm³/mol. The zero-order valence-electron chi connectivity index (χ0n) is 11.8. The van der Waals surface area contributed by atoms with Crippen molar-refractivity contribution in [2.75, 3.05) is 33.5 Å². The molecule has 0 unspecified atom stereocenters. The second kappa shape index (κ2) is 8.33. The minimum absolute atomic E-state index is 0.181. The molecule has 0 aliphatic carbocycles. The van der Waals surface area contributed by atoms with Gasteiger partial charge in [-0.25, -0.2) is 13.1 Å². The normalized spacial score (nSPS) is 11.8. The number of nitrogens with one attached hydrogen (secondary N) is 1. The SMILES string of the molecule is COCCOCCNS(=O)(=O)c1cc(CO)ccc1C. The van der Waals surface area contributed by atoms with Crippen LogP contribution in [0.25, 0.3) is 0 Å². The monoisotopic (exact) mass is 303 g/mol. The van der Waals surface area contributed by atoms with E-state index >= 15 is 0 Å². The first kappa shape index (κ1) is 17.1. The van der Waals surface area contributed by atoms with E-state index in [1.807, 2.05) is 0 Å². The number of hydrogen-bond donors (Lipinski definition) is 2. The van der Waals surface area contributed by atoms with Crippen molar-refractivity contribution in [3.8, 4) is 0 Å². The van der Waals surface area contributed by atoms with E-state index in [1.165, 1.54) is 6.07 Å². The van der Waals surface area contributed by atoms with Crippen LogP contribution in [0.3, 0.4) is 0 Å². The highest BCUT2D eigenvalue weighted by molar-refractivity contribution is 7.89. The van der Waals surface area contributed by atoms with Crippen LogP contribution in [0, 0.1) is 6.92 Å². The van der Waals surface area contributed by atoms with E-state index in [2.05, 4.69) is 4.72 Å². The molecule has 7 heteroatoms. The molecule has 6 nitrogen and oxygen atoms in total. The Hall–Kier alpha value is -0.990. The summed E-state index contributed by atoms with van der Waals surface area (Å²) in [7, 11) is -2.02. The van der Waals surface area contributed by atoms with Crippen molar-refractivity contribution in [3.63, 3.8) is 0 Å². The van der Waals surface area contributed by atoms with Crippen LogP contribution < -0.4 is 4.72 Å². The van der Waals surface area contributed by atoms with Gasteiger partial charge in [-0.3, -0.25) is 0 Å². The average molecular weight is 303 g/mol. The van der Waals surface area contributed by atoms with Crippen molar-refractivity contribution in [1.82, 2.24) is 4.72 Å². The molecule has 0 amide bonds. The van der Waals surface area contributed by atoms with E-state index in [0.717, 1.165) is 0 Å². The molecule has 0 fully saturated rings. The van der Waals surface area contributed by atoms with Crippen molar-refractivity contribution < 1.29 is 23.0 Å². The summed E-state index contributed by atoms with van der Waals surface area (Å²) in [6, 6.07) is 4.85. The third-order valence-electron chi connectivity index (χ3n) is 2.69. The average Bonchev–Trinajstić information content (AvgIpc) is 2.43. The predicted octanol–water partition coefficient (Wildman–Crippen LogP) is 0.429. The number of rotatable bonds is 9. The van der Waals surface area contributed by atoms with E-state index < -0.39 is 10.0 Å². The van der Waals surface area contributed by atoms with E-state index in [-0.39, 0.29) is 24.7 Å². The number of hydrogen-bond acceptors (Lipinski definition) is 5. The Bertz CT molecular complexity index is 515. The molecule has 0 aromatic heterocycles. The lowest BCUT2D eigenvalue weighted by atomic mass is 10.2. The van der Waals surface area contributed by atoms with Gasteiger partial charge in [0.2, 0.25) is 10.0 Å². The highest BCUT2D eigenvalue weighted by Gasteiger charge is 2.16. The molecule has 0 bridgehead atoms. The van der Waals surface area contributed by atoms with E-state index in [0.29, 0.717) is 24.3 Å². The van der Waals surface area contributed by atoms with Gasteiger partial charge < -0.3 is 14.6 Å². The van der Waals surface area contributed by atoms with Crippen LogP contribution in [0.2, 0.25) is 0 Å². The van der Waals surface area contributed by atoms with E-state index in [4.69, 9.17) is 14.6 Å². The Morgan fingerprint density at radius 2 is 2.00 bits per heavy atom. The number of aliphatic hydroxyl groups excluding tert-OH is 1. The first-order valence-corrected chi connectivity index (χ1v) is 7.76. The fourth-order valence-corrected chi connectivity index (χ4v) is 2.91. The summed E-state index contributed by atoms with van der Waals surface area (Å²) in [5.41, 5.74) is 1.20. The lowest BCUT2D eigenvalue weighted by molar-refractivity contribution is 0.0736. The topological polar surface area (TPSA) is 84.9 Å². The number of sulfonamides is 1. The van der Waals surface area contributed by atoms with Gasteiger partial charge in [0.1, 0.15) is 0 Å². The molecule has 0 aliphatic heterocycles. The van der Waals surface area contributed by atoms with Crippen LogP contribution in [0.15, 0.2) is 23.1 Å². The maximum atomic E-state index is 12.1. The Morgan fingerprint density at radius 1 is 1.25 bits per heavy atom. The minimum atomic E-state index is -3.59. The molecule has 0 heterocycles. The van der Waals surface area contributed by atoms with Gasteiger partial charge in [-0.05, 0) is 24.1 Å². The molecule has 0 saturated heterocycles. The van der Waals surface area contributed by atoms with Gasteiger partial charge in [0.05, 0.1) is 31.3 Å². The fraction of sp³-hybridized carbons (Fsp3) is 0.538. The summed E-state index contributed by atoms with van der Waals surface area (Å²) >= 11 is 0. The Labute approximate surface area is 119 Å². The fourth-order valence-electron chi connectivity index (χ4n) is 1.60. The second-order valence-electron chi connectivity index (χ2n) is 4.26. The molecule has 1 aromatic carbocycles.